The van der Waals surface area contributed by atoms with Gasteiger partial charge in [0.1, 0.15) is 17.0 Å². The predicted octanol–water partition coefficient (Wildman–Crippen LogP) is 15.8. The molecule has 6 nitrogen and oxygen atoms in total. The third-order valence-electron chi connectivity index (χ3n) is 13.6. The molecule has 342 valence electrons. The maximum absolute atomic E-state index is 9.36. The maximum atomic E-state index is 9.36. The molecule has 0 aliphatic carbocycles. The standard InChI is InChI=1S/C64H42N4O2.Pt/c1-64(2,3)41-34-35-65-59(36-41)68-54-27-11-9-22-48(54)49-31-30-44(38-56(49)68)69-43-19-13-18-42(37-43)66-39-67-62-45(40-16-5-4-6-17-40)24-14-26-53(62)60-50(32-33-58-61(60)52-23-10-12-29-57(52)70-58)46-20-7-8-21-47(46)51-25-15-28-55(66)63(51)67;/h4-36H,1-3H3;/q-2;/i4D,5D,6D,16D,17D;. The number of fused-ring (bicyclic) bond motifs is 14. The third kappa shape index (κ3) is 6.73. The first-order valence-electron chi connectivity index (χ1n) is 25.8. The SMILES string of the molecule is [2H]c1c([2H])c([2H])c(-c2cccc3c2-[n+]2[c-]n(-c4[c-]c(Oc5[c-]c6c(cc5)c5ccccc5n6-c5cc(C(C)(C)C)ccn5)ccc4)c4cccc(c42)-c2ccccc2-c2ccc4oc5ccccc5c4c2-3)c([2H])c1[2H].[Pt]. The van der Waals surface area contributed by atoms with E-state index < -0.39 is 18.1 Å². The van der Waals surface area contributed by atoms with E-state index in [2.05, 4.69) is 104 Å². The Morgan fingerprint density at radius 3 is 2.17 bits per heavy atom. The molecule has 14 rings (SSSR count). The van der Waals surface area contributed by atoms with Crippen LogP contribution in [-0.4, -0.2) is 14.1 Å². The Labute approximate surface area is 432 Å². The van der Waals surface area contributed by atoms with E-state index in [1.807, 2.05) is 118 Å². The van der Waals surface area contributed by atoms with Crippen LogP contribution in [-0.2, 0) is 26.5 Å². The van der Waals surface area contributed by atoms with E-state index in [4.69, 9.17) is 18.3 Å². The molecule has 0 saturated heterocycles. The molecular weight excluding hydrogens is 1050 g/mol. The van der Waals surface area contributed by atoms with Gasteiger partial charge in [-0.3, -0.25) is 4.57 Å². The number of hydrogen-bond acceptors (Lipinski definition) is 3. The average Bonchev–Trinajstić information content (AvgIpc) is 4.21. The topological polar surface area (TPSA) is 49.0 Å². The van der Waals surface area contributed by atoms with Crippen LogP contribution >= 0.6 is 0 Å². The molecule has 0 saturated carbocycles. The molecule has 0 radical (unpaired) electrons. The van der Waals surface area contributed by atoms with Crippen LogP contribution < -0.4 is 9.30 Å². The summed E-state index contributed by atoms with van der Waals surface area (Å²) in [7, 11) is 0. The summed E-state index contributed by atoms with van der Waals surface area (Å²) in [5, 5.41) is 3.92. The smallest absolute Gasteiger partial charge is 0.268 e. The molecule has 0 fully saturated rings. The van der Waals surface area contributed by atoms with Crippen molar-refractivity contribution >= 4 is 54.8 Å². The zero-order valence-corrected chi connectivity index (χ0v) is 40.9. The second-order valence-electron chi connectivity index (χ2n) is 18.7. The Morgan fingerprint density at radius 1 is 0.606 bits per heavy atom. The Bertz CT molecular complexity index is 4560. The number of para-hydroxylation sites is 4. The summed E-state index contributed by atoms with van der Waals surface area (Å²) in [6.45, 7) is 6.60. The molecule has 0 atom stereocenters. The number of imidazole rings is 1. The zero-order chi connectivity index (χ0) is 51.0. The van der Waals surface area contributed by atoms with Crippen molar-refractivity contribution in [2.24, 2.45) is 0 Å². The summed E-state index contributed by atoms with van der Waals surface area (Å²) in [6, 6.07) is 59.9. The van der Waals surface area contributed by atoms with Crippen LogP contribution in [0.3, 0.4) is 0 Å². The van der Waals surface area contributed by atoms with E-state index in [0.717, 1.165) is 88.4 Å². The van der Waals surface area contributed by atoms with Gasteiger partial charge in [0.15, 0.2) is 0 Å². The minimum absolute atomic E-state index is 0. The first-order chi connectivity index (χ1) is 36.4. The van der Waals surface area contributed by atoms with E-state index in [-0.39, 0.29) is 44.1 Å². The Kier molecular flexibility index (Phi) is 8.68. The van der Waals surface area contributed by atoms with Gasteiger partial charge in [0.2, 0.25) is 0 Å². The van der Waals surface area contributed by atoms with Gasteiger partial charge in [-0.05, 0) is 96.9 Å². The van der Waals surface area contributed by atoms with Crippen LogP contribution in [0, 0.1) is 18.5 Å². The summed E-state index contributed by atoms with van der Waals surface area (Å²) in [4.78, 5) is 4.86. The summed E-state index contributed by atoms with van der Waals surface area (Å²) >= 11 is 0. The fourth-order valence-electron chi connectivity index (χ4n) is 10.5. The minimum Gasteiger partial charge on any atom is -0.510 e. The molecule has 5 heterocycles. The van der Waals surface area contributed by atoms with Gasteiger partial charge in [-0.25, -0.2) is 4.98 Å². The number of benzene rings is 9. The van der Waals surface area contributed by atoms with Gasteiger partial charge in [0.25, 0.3) is 6.33 Å². The van der Waals surface area contributed by atoms with Crippen LogP contribution in [0.1, 0.15) is 33.2 Å². The van der Waals surface area contributed by atoms with Crippen molar-refractivity contribution in [1.82, 2.24) is 14.1 Å². The molecule has 0 unspecified atom stereocenters. The Balaban J connectivity index is 0.00000553. The molecule has 0 N–H and O–H groups in total. The maximum Gasteiger partial charge on any atom is 0.268 e. The van der Waals surface area contributed by atoms with Gasteiger partial charge in [0.05, 0.1) is 23.6 Å². The summed E-state index contributed by atoms with van der Waals surface area (Å²) < 4.78 is 64.4. The summed E-state index contributed by atoms with van der Waals surface area (Å²) in [6.07, 6.45) is 5.62. The van der Waals surface area contributed by atoms with Gasteiger partial charge in [-0.15, -0.1) is 29.7 Å². The van der Waals surface area contributed by atoms with Crippen LogP contribution in [0.15, 0.2) is 205 Å². The zero-order valence-electron chi connectivity index (χ0n) is 43.6. The van der Waals surface area contributed by atoms with Crippen molar-refractivity contribution in [2.45, 2.75) is 26.2 Å². The van der Waals surface area contributed by atoms with Crippen molar-refractivity contribution < 1.29 is 41.6 Å². The van der Waals surface area contributed by atoms with E-state index in [1.54, 1.807) is 0 Å². The van der Waals surface area contributed by atoms with E-state index in [1.165, 1.54) is 5.56 Å². The minimum atomic E-state index is -0.463. The first-order valence-corrected chi connectivity index (χ1v) is 23.3. The number of hydrogen-bond donors (Lipinski definition) is 0. The number of rotatable bonds is 5. The second kappa shape index (κ2) is 16.4. The van der Waals surface area contributed by atoms with E-state index in [0.29, 0.717) is 34.0 Å². The molecule has 7 heteroatoms. The molecule has 4 aromatic heterocycles. The fourth-order valence-corrected chi connectivity index (χ4v) is 10.5. The van der Waals surface area contributed by atoms with Crippen LogP contribution in [0.25, 0.3) is 116 Å². The largest absolute Gasteiger partial charge is 0.510 e. The molecule has 0 spiro atoms. The molecule has 71 heavy (non-hydrogen) atoms. The van der Waals surface area contributed by atoms with E-state index in [9.17, 15) is 2.74 Å². The Morgan fingerprint density at radius 2 is 1.31 bits per heavy atom. The van der Waals surface area contributed by atoms with Crippen LogP contribution in [0.2, 0.25) is 0 Å². The quantitative estimate of drug-likeness (QED) is 0.127. The first kappa shape index (κ1) is 37.6. The molecule has 0 bridgehead atoms. The molecule has 0 amide bonds. The van der Waals surface area contributed by atoms with Crippen LogP contribution in [0.4, 0.5) is 0 Å². The number of furan rings is 1. The number of ether oxygens (including phenoxy) is 1. The predicted molar refractivity (Wildman–Crippen MR) is 281 cm³/mol. The Hall–Kier alpha value is -8.31. The van der Waals surface area contributed by atoms with Gasteiger partial charge in [-0.1, -0.05) is 160 Å². The molecule has 1 aliphatic rings. The molecular formula is C64H42N4O2Pt-2. The molecule has 13 aromatic rings. The number of aromatic nitrogens is 4. The third-order valence-corrected chi connectivity index (χ3v) is 13.6. The fraction of sp³-hybridized carbons (Fsp3) is 0.0625. The molecule has 9 aromatic carbocycles. The van der Waals surface area contributed by atoms with Crippen molar-refractivity contribution in [2.75, 3.05) is 0 Å². The van der Waals surface area contributed by atoms with Gasteiger partial charge in [0, 0.05) is 55.1 Å². The molecule has 1 aliphatic heterocycles. The average molecular weight is 1100 g/mol. The van der Waals surface area contributed by atoms with Crippen LogP contribution in [0.5, 0.6) is 11.5 Å². The second-order valence-corrected chi connectivity index (χ2v) is 18.7. The van der Waals surface area contributed by atoms with Gasteiger partial charge < -0.3 is 18.3 Å². The normalized spacial score (nSPS) is 13.0. The monoisotopic (exact) mass is 1100 g/mol. The number of pyridine rings is 1. The van der Waals surface area contributed by atoms with Gasteiger partial charge in [-0.2, -0.15) is 18.2 Å². The summed E-state index contributed by atoms with van der Waals surface area (Å²) in [5.41, 5.74) is 13.1. The van der Waals surface area contributed by atoms with Crippen molar-refractivity contribution in [3.8, 4) is 73.2 Å². The van der Waals surface area contributed by atoms with Gasteiger partial charge >= 0.3 is 0 Å². The number of nitrogens with zero attached hydrogens (tertiary/aromatic N) is 4. The summed E-state index contributed by atoms with van der Waals surface area (Å²) in [5.74, 6) is 1.74. The van der Waals surface area contributed by atoms with E-state index >= 15 is 0 Å². The van der Waals surface area contributed by atoms with Crippen molar-refractivity contribution in [3.05, 3.63) is 224 Å². The van der Waals surface area contributed by atoms with Crippen molar-refractivity contribution in [1.29, 1.82) is 0 Å². The van der Waals surface area contributed by atoms with Crippen molar-refractivity contribution in [3.63, 3.8) is 0 Å².